The Balaban J connectivity index is 1.70. The fourth-order valence-electron chi connectivity index (χ4n) is 3.27. The summed E-state index contributed by atoms with van der Waals surface area (Å²) < 4.78 is 12.5. The molecule has 0 aliphatic heterocycles. The van der Waals surface area contributed by atoms with Gasteiger partial charge in [0.05, 0.1) is 23.3 Å². The summed E-state index contributed by atoms with van der Waals surface area (Å²) in [6, 6.07) is 5.85. The molecule has 3 N–H and O–H groups in total. The number of anilines is 1. The fraction of sp³-hybridized carbons (Fsp3) is 0.292. The summed E-state index contributed by atoms with van der Waals surface area (Å²) >= 11 is 2.10. The molecular formula is C24H27N5O5S2. The Hall–Kier alpha value is -3.64. The zero-order chi connectivity index (χ0) is 26.4. The summed E-state index contributed by atoms with van der Waals surface area (Å²) in [5.41, 5.74) is 8.17. The third-order valence-electron chi connectivity index (χ3n) is 5.30. The van der Waals surface area contributed by atoms with Gasteiger partial charge in [-0.05, 0) is 49.6 Å². The number of rotatable bonds is 11. The van der Waals surface area contributed by atoms with Crippen LogP contribution < -0.4 is 15.8 Å². The topological polar surface area (TPSA) is 138 Å². The molecule has 0 bridgehead atoms. The zero-order valence-corrected chi connectivity index (χ0v) is 22.0. The van der Waals surface area contributed by atoms with E-state index in [2.05, 4.69) is 22.1 Å². The summed E-state index contributed by atoms with van der Waals surface area (Å²) in [5, 5.41) is 11.8. The van der Waals surface area contributed by atoms with Crippen LogP contribution in [-0.4, -0.2) is 45.4 Å². The lowest BCUT2D eigenvalue weighted by atomic mass is 10.1. The number of carbonyl (C=O) groups excluding carboxylic acids is 3. The number of hydrogen-bond acceptors (Lipinski definition) is 9. The third kappa shape index (κ3) is 6.13. The van der Waals surface area contributed by atoms with E-state index in [0.717, 1.165) is 22.6 Å². The number of ether oxygens (including phenoxy) is 2. The highest BCUT2D eigenvalue weighted by Gasteiger charge is 2.25. The number of thioether (sulfide) groups is 1. The number of nitrogens with one attached hydrogen (secondary N) is 1. The first-order chi connectivity index (χ1) is 17.2. The number of allylic oxidation sites excluding steroid dienone is 1. The molecule has 3 rings (SSSR count). The lowest BCUT2D eigenvalue weighted by Crippen LogP contribution is -2.16. The quantitative estimate of drug-likeness (QED) is 0.218. The van der Waals surface area contributed by atoms with Gasteiger partial charge in [-0.25, -0.2) is 4.79 Å². The Kier molecular flexibility index (Phi) is 8.88. The maximum Gasteiger partial charge on any atom is 0.341 e. The number of hydrogen-bond donors (Lipinski definition) is 2. The van der Waals surface area contributed by atoms with Crippen LogP contribution >= 0.6 is 23.1 Å². The number of thiophene rings is 1. The van der Waals surface area contributed by atoms with E-state index >= 15 is 0 Å². The van der Waals surface area contributed by atoms with E-state index in [1.165, 1.54) is 24.4 Å². The smallest absolute Gasteiger partial charge is 0.341 e. The van der Waals surface area contributed by atoms with Crippen molar-refractivity contribution < 1.29 is 23.9 Å². The monoisotopic (exact) mass is 529 g/mol. The van der Waals surface area contributed by atoms with E-state index in [1.54, 1.807) is 13.0 Å². The molecule has 0 unspecified atom stereocenters. The Morgan fingerprint density at radius 3 is 2.61 bits per heavy atom. The molecule has 190 valence electrons. The van der Waals surface area contributed by atoms with Crippen LogP contribution in [0.5, 0.6) is 5.75 Å². The maximum atomic E-state index is 12.7. The van der Waals surface area contributed by atoms with Crippen molar-refractivity contribution >= 4 is 45.9 Å². The second kappa shape index (κ2) is 11.9. The average Bonchev–Trinajstić information content (AvgIpc) is 3.38. The van der Waals surface area contributed by atoms with Crippen molar-refractivity contribution in [2.45, 2.75) is 39.1 Å². The van der Waals surface area contributed by atoms with Gasteiger partial charge in [-0.1, -0.05) is 23.9 Å². The predicted octanol–water partition coefficient (Wildman–Crippen LogP) is 3.65. The van der Waals surface area contributed by atoms with Crippen molar-refractivity contribution in [3.05, 3.63) is 63.8 Å². The number of amides is 2. The van der Waals surface area contributed by atoms with Crippen molar-refractivity contribution in [1.29, 1.82) is 0 Å². The maximum absolute atomic E-state index is 12.7. The van der Waals surface area contributed by atoms with Crippen LogP contribution in [0.3, 0.4) is 0 Å². The van der Waals surface area contributed by atoms with Crippen LogP contribution in [0.2, 0.25) is 0 Å². The van der Waals surface area contributed by atoms with Crippen LogP contribution in [0.4, 0.5) is 5.00 Å². The summed E-state index contributed by atoms with van der Waals surface area (Å²) in [7, 11) is 1.22. The van der Waals surface area contributed by atoms with Gasteiger partial charge >= 0.3 is 5.97 Å². The van der Waals surface area contributed by atoms with Crippen LogP contribution in [0.25, 0.3) is 0 Å². The first-order valence-electron chi connectivity index (χ1n) is 10.8. The second-order valence-corrected chi connectivity index (χ2v) is 9.75. The molecule has 1 aromatic carbocycles. The van der Waals surface area contributed by atoms with Gasteiger partial charge in [0.2, 0.25) is 5.91 Å². The first kappa shape index (κ1) is 27.0. The second-order valence-electron chi connectivity index (χ2n) is 7.79. The number of carbonyl (C=O) groups is 3. The summed E-state index contributed by atoms with van der Waals surface area (Å²) in [6.45, 7) is 10.0. The standard InChI is InChI=1S/C24H27N5O5S2/c1-6-9-29-17(11-34-16-8-7-13(2)14(3)10-16)27-28-24(29)35-12-18(30)26-22-19(23(32)33-5)15(4)20(36-22)21(25)31/h6-8,10H,1,9,11-12H2,2-5H3,(H2,25,31)(H,26,30). The Labute approximate surface area is 216 Å². The molecule has 0 atom stereocenters. The highest BCUT2D eigenvalue weighted by Crippen LogP contribution is 2.33. The van der Waals surface area contributed by atoms with E-state index in [0.29, 0.717) is 23.1 Å². The van der Waals surface area contributed by atoms with E-state index in [4.69, 9.17) is 15.2 Å². The molecule has 0 spiro atoms. The Morgan fingerprint density at radius 1 is 1.22 bits per heavy atom. The molecule has 36 heavy (non-hydrogen) atoms. The molecule has 0 aliphatic carbocycles. The minimum Gasteiger partial charge on any atom is -0.486 e. The SMILES string of the molecule is C=CCn1c(COc2ccc(C)c(C)c2)nnc1SCC(=O)Nc1sc(C(N)=O)c(C)c1C(=O)OC. The van der Waals surface area contributed by atoms with E-state index in [1.807, 2.05) is 36.6 Å². The van der Waals surface area contributed by atoms with Crippen molar-refractivity contribution in [3.63, 3.8) is 0 Å². The highest BCUT2D eigenvalue weighted by molar-refractivity contribution is 7.99. The first-order valence-corrected chi connectivity index (χ1v) is 12.6. The number of aryl methyl sites for hydroxylation is 2. The molecule has 2 aromatic heterocycles. The van der Waals surface area contributed by atoms with Gasteiger partial charge in [0, 0.05) is 6.54 Å². The van der Waals surface area contributed by atoms with Gasteiger partial charge in [-0.15, -0.1) is 28.1 Å². The average molecular weight is 530 g/mol. The van der Waals surface area contributed by atoms with Crippen molar-refractivity contribution in [3.8, 4) is 5.75 Å². The summed E-state index contributed by atoms with van der Waals surface area (Å²) in [5.74, 6) is -0.462. The molecule has 0 saturated carbocycles. The Morgan fingerprint density at radius 2 is 1.97 bits per heavy atom. The molecule has 3 aromatic rings. The lowest BCUT2D eigenvalue weighted by molar-refractivity contribution is -0.113. The van der Waals surface area contributed by atoms with Crippen LogP contribution in [0, 0.1) is 20.8 Å². The fourth-order valence-corrected chi connectivity index (χ4v) is 5.10. The highest BCUT2D eigenvalue weighted by atomic mass is 32.2. The van der Waals surface area contributed by atoms with Crippen LogP contribution in [0.1, 0.15) is 42.5 Å². The molecule has 2 heterocycles. The molecule has 0 radical (unpaired) electrons. The predicted molar refractivity (Wildman–Crippen MR) is 139 cm³/mol. The molecule has 12 heteroatoms. The number of methoxy groups -OCH3 is 1. The summed E-state index contributed by atoms with van der Waals surface area (Å²) in [4.78, 5) is 36.8. The van der Waals surface area contributed by atoms with Crippen LogP contribution in [0.15, 0.2) is 36.0 Å². The molecule has 0 saturated heterocycles. The normalized spacial score (nSPS) is 10.7. The molecule has 10 nitrogen and oxygen atoms in total. The van der Waals surface area contributed by atoms with Gasteiger partial charge in [0.1, 0.15) is 17.4 Å². The van der Waals surface area contributed by atoms with Crippen molar-refractivity contribution in [2.75, 3.05) is 18.2 Å². The van der Waals surface area contributed by atoms with Gasteiger partial charge < -0.3 is 20.5 Å². The zero-order valence-electron chi connectivity index (χ0n) is 20.4. The van der Waals surface area contributed by atoms with Crippen LogP contribution in [-0.2, 0) is 22.7 Å². The minimum absolute atomic E-state index is 0.0171. The molecule has 0 fully saturated rings. The van der Waals surface area contributed by atoms with Gasteiger partial charge in [-0.2, -0.15) is 0 Å². The number of primary amides is 1. The van der Waals surface area contributed by atoms with E-state index in [-0.39, 0.29) is 27.8 Å². The number of esters is 1. The molecule has 2 amide bonds. The lowest BCUT2D eigenvalue weighted by Gasteiger charge is -2.10. The van der Waals surface area contributed by atoms with Gasteiger partial charge in [0.15, 0.2) is 11.0 Å². The third-order valence-corrected chi connectivity index (χ3v) is 7.49. The van der Waals surface area contributed by atoms with Gasteiger partial charge in [0.25, 0.3) is 5.91 Å². The number of benzene rings is 1. The minimum atomic E-state index is -0.689. The largest absolute Gasteiger partial charge is 0.486 e. The number of nitrogens with two attached hydrogens (primary N) is 1. The Bertz CT molecular complexity index is 1310. The molecule has 0 aliphatic rings. The van der Waals surface area contributed by atoms with Crippen molar-refractivity contribution in [1.82, 2.24) is 14.8 Å². The number of aromatic nitrogens is 3. The summed E-state index contributed by atoms with van der Waals surface area (Å²) in [6.07, 6.45) is 1.70. The number of nitrogens with zero attached hydrogens (tertiary/aromatic N) is 3. The van der Waals surface area contributed by atoms with Gasteiger partial charge in [-0.3, -0.25) is 14.2 Å². The van der Waals surface area contributed by atoms with E-state index < -0.39 is 17.8 Å². The molecular weight excluding hydrogens is 502 g/mol. The van der Waals surface area contributed by atoms with E-state index in [9.17, 15) is 14.4 Å². The van der Waals surface area contributed by atoms with Crippen molar-refractivity contribution in [2.24, 2.45) is 5.73 Å².